The molecule has 1 aliphatic carbocycles. The molecule has 6 nitrogen and oxygen atoms in total. The van der Waals surface area contributed by atoms with Crippen LogP contribution in [-0.2, 0) is 4.79 Å². The van der Waals surface area contributed by atoms with Gasteiger partial charge in [-0.15, -0.1) is 0 Å². The van der Waals surface area contributed by atoms with Gasteiger partial charge >= 0.3 is 6.03 Å². The highest BCUT2D eigenvalue weighted by molar-refractivity contribution is 5.96. The van der Waals surface area contributed by atoms with Gasteiger partial charge in [-0.3, -0.25) is 15.0 Å². The van der Waals surface area contributed by atoms with E-state index in [0.29, 0.717) is 25.0 Å². The SMILES string of the molecule is CCNC(=O)NC(=O)C(C)N(CC)C1CCCC1CN. The number of rotatable bonds is 6. The largest absolute Gasteiger partial charge is 0.338 e. The number of imide groups is 1. The molecule has 0 bridgehead atoms. The monoisotopic (exact) mass is 284 g/mol. The Morgan fingerprint density at radius 3 is 2.60 bits per heavy atom. The number of carbonyl (C=O) groups is 2. The summed E-state index contributed by atoms with van der Waals surface area (Å²) in [6, 6.07) is -0.401. The fraction of sp³-hybridized carbons (Fsp3) is 0.857. The minimum absolute atomic E-state index is 0.250. The number of nitrogens with one attached hydrogen (secondary N) is 2. The van der Waals surface area contributed by atoms with Crippen LogP contribution in [0.2, 0.25) is 0 Å². The molecule has 0 aromatic heterocycles. The molecule has 0 aromatic carbocycles. The van der Waals surface area contributed by atoms with E-state index in [2.05, 4.69) is 15.5 Å². The molecule has 3 amide bonds. The summed E-state index contributed by atoms with van der Waals surface area (Å²) in [6.45, 7) is 7.65. The highest BCUT2D eigenvalue weighted by Crippen LogP contribution is 2.30. The van der Waals surface area contributed by atoms with Crippen molar-refractivity contribution in [2.75, 3.05) is 19.6 Å². The Morgan fingerprint density at radius 1 is 1.35 bits per heavy atom. The molecule has 0 saturated heterocycles. The second kappa shape index (κ2) is 8.21. The molecule has 1 saturated carbocycles. The van der Waals surface area contributed by atoms with Crippen molar-refractivity contribution < 1.29 is 9.59 Å². The topological polar surface area (TPSA) is 87.5 Å². The first-order valence-corrected chi connectivity index (χ1v) is 7.59. The van der Waals surface area contributed by atoms with Crippen molar-refractivity contribution in [3.8, 4) is 0 Å². The second-order valence-electron chi connectivity index (χ2n) is 5.35. The number of likely N-dealkylation sites (N-methyl/N-ethyl adjacent to an activating group) is 1. The van der Waals surface area contributed by atoms with Crippen LogP contribution in [0.3, 0.4) is 0 Å². The van der Waals surface area contributed by atoms with Crippen LogP contribution in [0.25, 0.3) is 0 Å². The van der Waals surface area contributed by atoms with E-state index in [1.807, 2.05) is 20.8 Å². The van der Waals surface area contributed by atoms with Crippen molar-refractivity contribution in [1.29, 1.82) is 0 Å². The Balaban J connectivity index is 2.64. The van der Waals surface area contributed by atoms with Crippen LogP contribution in [0.1, 0.15) is 40.0 Å². The number of carbonyl (C=O) groups excluding carboxylic acids is 2. The maximum absolute atomic E-state index is 12.1. The Hall–Kier alpha value is -1.14. The lowest BCUT2D eigenvalue weighted by molar-refractivity contribution is -0.125. The molecule has 3 atom stereocenters. The smallest absolute Gasteiger partial charge is 0.321 e. The summed E-state index contributed by atoms with van der Waals surface area (Å²) in [4.78, 5) is 25.7. The average Bonchev–Trinajstić information content (AvgIpc) is 2.87. The molecule has 0 aliphatic heterocycles. The minimum Gasteiger partial charge on any atom is -0.338 e. The number of urea groups is 1. The van der Waals surface area contributed by atoms with Gasteiger partial charge in [0, 0.05) is 12.6 Å². The van der Waals surface area contributed by atoms with Crippen LogP contribution >= 0.6 is 0 Å². The molecule has 0 heterocycles. The summed E-state index contributed by atoms with van der Waals surface area (Å²) < 4.78 is 0. The van der Waals surface area contributed by atoms with E-state index in [9.17, 15) is 9.59 Å². The molecule has 1 rings (SSSR count). The number of nitrogens with zero attached hydrogens (tertiary/aromatic N) is 1. The van der Waals surface area contributed by atoms with E-state index in [0.717, 1.165) is 25.8 Å². The molecule has 4 N–H and O–H groups in total. The highest BCUT2D eigenvalue weighted by atomic mass is 16.2. The van der Waals surface area contributed by atoms with Crippen molar-refractivity contribution >= 4 is 11.9 Å². The molecule has 20 heavy (non-hydrogen) atoms. The molecule has 0 radical (unpaired) electrons. The third kappa shape index (κ3) is 4.18. The number of amides is 3. The number of nitrogens with two attached hydrogens (primary N) is 1. The molecule has 0 spiro atoms. The fourth-order valence-electron chi connectivity index (χ4n) is 3.10. The Kier molecular flexibility index (Phi) is 6.95. The summed E-state index contributed by atoms with van der Waals surface area (Å²) in [5.74, 6) is 0.204. The summed E-state index contributed by atoms with van der Waals surface area (Å²) in [5.41, 5.74) is 5.82. The summed E-state index contributed by atoms with van der Waals surface area (Å²) in [5, 5.41) is 4.96. The van der Waals surface area contributed by atoms with E-state index < -0.39 is 6.03 Å². The van der Waals surface area contributed by atoms with E-state index in [1.165, 1.54) is 0 Å². The van der Waals surface area contributed by atoms with Gasteiger partial charge in [0.25, 0.3) is 0 Å². The lowest BCUT2D eigenvalue weighted by atomic mass is 10.0. The Bertz CT molecular complexity index is 335. The molecular formula is C14H28N4O2. The zero-order chi connectivity index (χ0) is 15.1. The summed E-state index contributed by atoms with van der Waals surface area (Å²) >= 11 is 0. The molecular weight excluding hydrogens is 256 g/mol. The minimum atomic E-state index is -0.429. The molecule has 3 unspecified atom stereocenters. The Morgan fingerprint density at radius 2 is 2.05 bits per heavy atom. The Labute approximate surface area is 121 Å². The molecule has 116 valence electrons. The van der Waals surface area contributed by atoms with Crippen molar-refractivity contribution in [2.24, 2.45) is 11.7 Å². The highest BCUT2D eigenvalue weighted by Gasteiger charge is 2.35. The maximum atomic E-state index is 12.1. The van der Waals surface area contributed by atoms with Crippen LogP contribution in [0.5, 0.6) is 0 Å². The lowest BCUT2D eigenvalue weighted by Gasteiger charge is -2.35. The molecule has 1 fully saturated rings. The standard InChI is InChI=1S/C14H28N4O2/c1-4-16-14(20)17-13(19)10(3)18(5-2)12-8-6-7-11(12)9-15/h10-12H,4-9,15H2,1-3H3,(H2,16,17,19,20). The van der Waals surface area contributed by atoms with E-state index >= 15 is 0 Å². The van der Waals surface area contributed by atoms with Crippen molar-refractivity contribution in [2.45, 2.75) is 52.1 Å². The van der Waals surface area contributed by atoms with Gasteiger partial charge in [0.05, 0.1) is 6.04 Å². The molecule has 6 heteroatoms. The summed E-state index contributed by atoms with van der Waals surface area (Å²) in [6.07, 6.45) is 3.37. The first kappa shape index (κ1) is 16.9. The van der Waals surface area contributed by atoms with Crippen LogP contribution in [0.4, 0.5) is 4.79 Å². The van der Waals surface area contributed by atoms with Gasteiger partial charge in [0.15, 0.2) is 0 Å². The number of hydrogen-bond donors (Lipinski definition) is 3. The van der Waals surface area contributed by atoms with Crippen molar-refractivity contribution in [3.05, 3.63) is 0 Å². The second-order valence-corrected chi connectivity index (χ2v) is 5.35. The average molecular weight is 284 g/mol. The fourth-order valence-corrected chi connectivity index (χ4v) is 3.10. The van der Waals surface area contributed by atoms with Gasteiger partial charge < -0.3 is 11.1 Å². The van der Waals surface area contributed by atoms with Crippen molar-refractivity contribution in [1.82, 2.24) is 15.5 Å². The number of hydrogen-bond acceptors (Lipinski definition) is 4. The zero-order valence-corrected chi connectivity index (χ0v) is 12.8. The summed E-state index contributed by atoms with van der Waals surface area (Å²) in [7, 11) is 0. The van der Waals surface area contributed by atoms with Crippen LogP contribution in [0.15, 0.2) is 0 Å². The first-order valence-electron chi connectivity index (χ1n) is 7.59. The van der Waals surface area contributed by atoms with E-state index in [-0.39, 0.29) is 11.9 Å². The predicted octanol–water partition coefficient (Wildman–Crippen LogP) is 0.670. The van der Waals surface area contributed by atoms with Gasteiger partial charge in [-0.2, -0.15) is 0 Å². The van der Waals surface area contributed by atoms with Crippen LogP contribution < -0.4 is 16.4 Å². The predicted molar refractivity (Wildman–Crippen MR) is 79.2 cm³/mol. The van der Waals surface area contributed by atoms with Crippen molar-refractivity contribution in [3.63, 3.8) is 0 Å². The molecule has 1 aliphatic rings. The third-order valence-electron chi connectivity index (χ3n) is 4.16. The van der Waals surface area contributed by atoms with Gasteiger partial charge in [0.1, 0.15) is 0 Å². The van der Waals surface area contributed by atoms with Crippen LogP contribution in [0, 0.1) is 5.92 Å². The van der Waals surface area contributed by atoms with Gasteiger partial charge in [0.2, 0.25) is 5.91 Å². The lowest BCUT2D eigenvalue weighted by Crippen LogP contribution is -2.53. The third-order valence-corrected chi connectivity index (χ3v) is 4.16. The quantitative estimate of drug-likeness (QED) is 0.669. The van der Waals surface area contributed by atoms with Gasteiger partial charge in [-0.25, -0.2) is 4.79 Å². The normalized spacial score (nSPS) is 23.6. The zero-order valence-electron chi connectivity index (χ0n) is 12.8. The van der Waals surface area contributed by atoms with E-state index in [4.69, 9.17) is 5.73 Å². The molecule has 0 aromatic rings. The van der Waals surface area contributed by atoms with Crippen LogP contribution in [-0.4, -0.2) is 48.6 Å². The van der Waals surface area contributed by atoms with Gasteiger partial charge in [-0.1, -0.05) is 13.3 Å². The van der Waals surface area contributed by atoms with E-state index in [1.54, 1.807) is 0 Å². The van der Waals surface area contributed by atoms with Gasteiger partial charge in [-0.05, 0) is 45.7 Å². The maximum Gasteiger partial charge on any atom is 0.321 e. The first-order chi connectivity index (χ1) is 9.54.